The quantitative estimate of drug-likeness (QED) is 0.691. The monoisotopic (exact) mass is 197 g/mol. The number of hydrogen-bond donors (Lipinski definition) is 1. The molecule has 1 N–H and O–H groups in total. The van der Waals surface area contributed by atoms with Crippen LogP contribution in [-0.4, -0.2) is 5.91 Å². The van der Waals surface area contributed by atoms with Crippen LogP contribution < -0.4 is 5.32 Å². The Morgan fingerprint density at radius 1 is 1.13 bits per heavy atom. The van der Waals surface area contributed by atoms with Crippen molar-refractivity contribution >= 4 is 22.4 Å². The first kappa shape index (κ1) is 8.48. The van der Waals surface area contributed by atoms with Gasteiger partial charge in [-0.05, 0) is 29.3 Å². The molecular weight excluding hydrogens is 186 g/mol. The standard InChI is InChI=1S/C13H11NO/c1-8-12-10-5-3-2-4-9(10)6-7-11(12)14-13(8)15/h2-8H,1H3,(H,14,15). The van der Waals surface area contributed by atoms with Crippen molar-refractivity contribution in [1.29, 1.82) is 0 Å². The average Bonchev–Trinajstić information content (AvgIpc) is 2.55. The molecule has 0 bridgehead atoms. The predicted octanol–water partition coefficient (Wildman–Crippen LogP) is 2.90. The van der Waals surface area contributed by atoms with E-state index in [4.69, 9.17) is 0 Å². The van der Waals surface area contributed by atoms with Gasteiger partial charge in [-0.3, -0.25) is 4.79 Å². The van der Waals surface area contributed by atoms with Crippen LogP contribution >= 0.6 is 0 Å². The minimum Gasteiger partial charge on any atom is -0.325 e. The molecule has 0 fully saturated rings. The number of carbonyl (C=O) groups excluding carboxylic acids is 1. The van der Waals surface area contributed by atoms with E-state index in [0.29, 0.717) is 0 Å². The normalized spacial score (nSPS) is 19.0. The largest absolute Gasteiger partial charge is 0.325 e. The third-order valence-corrected chi connectivity index (χ3v) is 3.05. The molecule has 0 radical (unpaired) electrons. The highest BCUT2D eigenvalue weighted by Gasteiger charge is 2.27. The summed E-state index contributed by atoms with van der Waals surface area (Å²) in [6.45, 7) is 1.95. The first-order valence-electron chi connectivity index (χ1n) is 5.10. The highest BCUT2D eigenvalue weighted by atomic mass is 16.2. The molecule has 1 unspecified atom stereocenters. The third-order valence-electron chi connectivity index (χ3n) is 3.05. The molecule has 1 aliphatic heterocycles. The Bertz CT molecular complexity index is 559. The maximum atomic E-state index is 11.6. The summed E-state index contributed by atoms with van der Waals surface area (Å²) in [7, 11) is 0. The zero-order valence-electron chi connectivity index (χ0n) is 8.45. The number of carbonyl (C=O) groups is 1. The highest BCUT2D eigenvalue weighted by molar-refractivity contribution is 6.08. The van der Waals surface area contributed by atoms with E-state index in [2.05, 4.69) is 17.4 Å². The van der Waals surface area contributed by atoms with Gasteiger partial charge in [0, 0.05) is 5.69 Å². The van der Waals surface area contributed by atoms with E-state index in [-0.39, 0.29) is 11.8 Å². The maximum Gasteiger partial charge on any atom is 0.231 e. The predicted molar refractivity (Wildman–Crippen MR) is 61.0 cm³/mol. The van der Waals surface area contributed by atoms with Crippen molar-refractivity contribution in [2.45, 2.75) is 12.8 Å². The molecule has 0 saturated heterocycles. The Morgan fingerprint density at radius 3 is 2.80 bits per heavy atom. The van der Waals surface area contributed by atoms with E-state index in [1.807, 2.05) is 31.2 Å². The Morgan fingerprint density at radius 2 is 1.93 bits per heavy atom. The van der Waals surface area contributed by atoms with Crippen molar-refractivity contribution in [3.05, 3.63) is 42.0 Å². The van der Waals surface area contributed by atoms with Crippen molar-refractivity contribution < 1.29 is 4.79 Å². The van der Waals surface area contributed by atoms with Crippen LogP contribution in [0.2, 0.25) is 0 Å². The minimum absolute atomic E-state index is 0.0360. The molecule has 2 aromatic rings. The SMILES string of the molecule is CC1C(=O)Nc2ccc3ccccc3c21. The van der Waals surface area contributed by atoms with Gasteiger partial charge in [0.25, 0.3) is 0 Å². The summed E-state index contributed by atoms with van der Waals surface area (Å²) in [5.74, 6) is 0.0625. The van der Waals surface area contributed by atoms with Crippen LogP contribution in [0.1, 0.15) is 18.4 Å². The molecule has 0 aliphatic carbocycles. The summed E-state index contributed by atoms with van der Waals surface area (Å²) >= 11 is 0. The van der Waals surface area contributed by atoms with Crippen LogP contribution in [0.25, 0.3) is 10.8 Å². The molecule has 2 nitrogen and oxygen atoms in total. The second kappa shape index (κ2) is 2.83. The van der Waals surface area contributed by atoms with Crippen molar-refractivity contribution in [2.75, 3.05) is 5.32 Å². The topological polar surface area (TPSA) is 29.1 Å². The Balaban J connectivity index is 2.40. The molecule has 1 heterocycles. The van der Waals surface area contributed by atoms with Crippen LogP contribution in [0.5, 0.6) is 0 Å². The van der Waals surface area contributed by atoms with Gasteiger partial charge in [0.15, 0.2) is 0 Å². The van der Waals surface area contributed by atoms with Crippen LogP contribution in [0, 0.1) is 0 Å². The van der Waals surface area contributed by atoms with Crippen LogP contribution in [0.15, 0.2) is 36.4 Å². The van der Waals surface area contributed by atoms with Crippen molar-refractivity contribution in [3.8, 4) is 0 Å². The summed E-state index contributed by atoms with van der Waals surface area (Å²) in [6.07, 6.45) is 0. The fourth-order valence-corrected chi connectivity index (χ4v) is 2.24. The molecule has 0 aromatic heterocycles. The van der Waals surface area contributed by atoms with Gasteiger partial charge in [-0.15, -0.1) is 0 Å². The molecule has 0 saturated carbocycles. The number of nitrogens with one attached hydrogen (secondary N) is 1. The first-order chi connectivity index (χ1) is 7.27. The molecule has 3 rings (SSSR count). The number of anilines is 1. The summed E-state index contributed by atoms with van der Waals surface area (Å²) < 4.78 is 0. The van der Waals surface area contributed by atoms with Gasteiger partial charge in [0.1, 0.15) is 0 Å². The Hall–Kier alpha value is -1.83. The molecule has 1 aliphatic rings. The lowest BCUT2D eigenvalue weighted by Gasteiger charge is -2.06. The lowest BCUT2D eigenvalue weighted by Crippen LogP contribution is -2.08. The van der Waals surface area contributed by atoms with Crippen LogP contribution in [0.3, 0.4) is 0 Å². The molecule has 15 heavy (non-hydrogen) atoms. The zero-order chi connectivity index (χ0) is 10.4. The van der Waals surface area contributed by atoms with E-state index in [0.717, 1.165) is 11.3 Å². The second-order valence-electron chi connectivity index (χ2n) is 3.96. The molecule has 74 valence electrons. The van der Waals surface area contributed by atoms with Gasteiger partial charge >= 0.3 is 0 Å². The zero-order valence-corrected chi connectivity index (χ0v) is 8.45. The fourth-order valence-electron chi connectivity index (χ4n) is 2.24. The average molecular weight is 197 g/mol. The van der Waals surface area contributed by atoms with Gasteiger partial charge < -0.3 is 5.32 Å². The van der Waals surface area contributed by atoms with E-state index in [1.54, 1.807) is 0 Å². The smallest absolute Gasteiger partial charge is 0.231 e. The molecular formula is C13H11NO. The second-order valence-corrected chi connectivity index (χ2v) is 3.96. The van der Waals surface area contributed by atoms with Crippen LogP contribution in [-0.2, 0) is 4.79 Å². The molecule has 0 spiro atoms. The highest BCUT2D eigenvalue weighted by Crippen LogP contribution is 2.37. The maximum absolute atomic E-state index is 11.6. The van der Waals surface area contributed by atoms with Crippen molar-refractivity contribution in [3.63, 3.8) is 0 Å². The molecule has 2 aromatic carbocycles. The van der Waals surface area contributed by atoms with Gasteiger partial charge in [0.05, 0.1) is 5.92 Å². The fraction of sp³-hybridized carbons (Fsp3) is 0.154. The lowest BCUT2D eigenvalue weighted by molar-refractivity contribution is -0.116. The van der Waals surface area contributed by atoms with Gasteiger partial charge in [-0.1, -0.05) is 30.3 Å². The molecule has 1 atom stereocenters. The van der Waals surface area contributed by atoms with Crippen molar-refractivity contribution in [2.24, 2.45) is 0 Å². The third kappa shape index (κ3) is 1.08. The summed E-state index contributed by atoms with van der Waals surface area (Å²) in [5, 5.41) is 5.28. The van der Waals surface area contributed by atoms with Gasteiger partial charge in [-0.25, -0.2) is 0 Å². The van der Waals surface area contributed by atoms with E-state index in [1.165, 1.54) is 10.8 Å². The minimum atomic E-state index is -0.0360. The lowest BCUT2D eigenvalue weighted by atomic mass is 9.96. The summed E-state index contributed by atoms with van der Waals surface area (Å²) in [4.78, 5) is 11.6. The number of fused-ring (bicyclic) bond motifs is 3. The number of amides is 1. The number of rotatable bonds is 0. The van der Waals surface area contributed by atoms with E-state index < -0.39 is 0 Å². The number of hydrogen-bond acceptors (Lipinski definition) is 1. The molecule has 1 amide bonds. The van der Waals surface area contributed by atoms with Gasteiger partial charge in [-0.2, -0.15) is 0 Å². The van der Waals surface area contributed by atoms with E-state index in [9.17, 15) is 4.79 Å². The van der Waals surface area contributed by atoms with Gasteiger partial charge in [0.2, 0.25) is 5.91 Å². The Kier molecular flexibility index (Phi) is 1.60. The molecule has 2 heteroatoms. The summed E-state index contributed by atoms with van der Waals surface area (Å²) in [5.41, 5.74) is 2.10. The van der Waals surface area contributed by atoms with E-state index >= 15 is 0 Å². The van der Waals surface area contributed by atoms with Crippen molar-refractivity contribution in [1.82, 2.24) is 0 Å². The summed E-state index contributed by atoms with van der Waals surface area (Å²) in [6, 6.07) is 12.2. The first-order valence-corrected chi connectivity index (χ1v) is 5.10. The number of benzene rings is 2. The Labute approximate surface area is 87.9 Å². The van der Waals surface area contributed by atoms with Crippen LogP contribution in [0.4, 0.5) is 5.69 Å².